The molecule has 1 aromatic heterocycles. The van der Waals surface area contributed by atoms with E-state index >= 15 is 0 Å². The number of nitrogens with zero attached hydrogens (tertiary/aromatic N) is 1. The topological polar surface area (TPSA) is 54.7 Å². The second kappa shape index (κ2) is 2.09. The van der Waals surface area contributed by atoms with E-state index in [1.807, 2.05) is 6.20 Å². The third kappa shape index (κ3) is 0.827. The van der Waals surface area contributed by atoms with Crippen molar-refractivity contribution < 1.29 is 0 Å². The second-order valence-corrected chi connectivity index (χ2v) is 2.78. The number of nitrogens with one attached hydrogen (secondary N) is 1. The lowest BCUT2D eigenvalue weighted by Crippen LogP contribution is -1.99. The fourth-order valence-electron chi connectivity index (χ4n) is 1.23. The van der Waals surface area contributed by atoms with Crippen LogP contribution in [-0.4, -0.2) is 10.2 Å². The first-order chi connectivity index (χ1) is 4.92. The first kappa shape index (κ1) is 5.92. The summed E-state index contributed by atoms with van der Waals surface area (Å²) in [6.07, 6.45) is 4.53. The highest BCUT2D eigenvalue weighted by Crippen LogP contribution is 2.40. The van der Waals surface area contributed by atoms with Crippen molar-refractivity contribution in [2.45, 2.75) is 25.3 Å². The molecular weight excluding hydrogens is 126 g/mol. The van der Waals surface area contributed by atoms with E-state index in [1.165, 1.54) is 18.4 Å². The van der Waals surface area contributed by atoms with Crippen LogP contribution in [0.4, 0.5) is 0 Å². The standard InChI is InChI=1S/C7H11N3/c8-3-7-6(4-9-10-7)5-1-2-5/h4-5H,1-3,8H2,(H,9,10). The molecule has 0 aromatic carbocycles. The quantitative estimate of drug-likeness (QED) is 0.631. The predicted octanol–water partition coefficient (Wildman–Crippen LogP) is 0.746. The Morgan fingerprint density at radius 1 is 1.70 bits per heavy atom. The van der Waals surface area contributed by atoms with Crippen molar-refractivity contribution >= 4 is 0 Å². The van der Waals surface area contributed by atoms with Crippen molar-refractivity contribution in [2.75, 3.05) is 0 Å². The molecule has 10 heavy (non-hydrogen) atoms. The molecule has 1 saturated carbocycles. The van der Waals surface area contributed by atoms with Gasteiger partial charge in [0.1, 0.15) is 0 Å². The lowest BCUT2D eigenvalue weighted by atomic mass is 10.2. The van der Waals surface area contributed by atoms with Gasteiger partial charge in [-0.05, 0) is 24.3 Å². The van der Waals surface area contributed by atoms with Gasteiger partial charge in [0.05, 0.1) is 11.9 Å². The highest BCUT2D eigenvalue weighted by Gasteiger charge is 2.26. The Balaban J connectivity index is 2.28. The van der Waals surface area contributed by atoms with Gasteiger partial charge in [0.2, 0.25) is 0 Å². The molecule has 0 amide bonds. The van der Waals surface area contributed by atoms with Crippen molar-refractivity contribution in [1.29, 1.82) is 0 Å². The summed E-state index contributed by atoms with van der Waals surface area (Å²) >= 11 is 0. The van der Waals surface area contributed by atoms with Crippen molar-refractivity contribution in [3.8, 4) is 0 Å². The van der Waals surface area contributed by atoms with Gasteiger partial charge in [0, 0.05) is 6.54 Å². The second-order valence-electron chi connectivity index (χ2n) is 2.78. The molecule has 1 aliphatic rings. The van der Waals surface area contributed by atoms with E-state index in [-0.39, 0.29) is 0 Å². The minimum absolute atomic E-state index is 0.589. The summed E-state index contributed by atoms with van der Waals surface area (Å²) in [5, 5.41) is 6.85. The summed E-state index contributed by atoms with van der Waals surface area (Å²) in [6, 6.07) is 0. The number of nitrogens with two attached hydrogens (primary N) is 1. The van der Waals surface area contributed by atoms with E-state index in [0.29, 0.717) is 6.54 Å². The Bertz CT molecular complexity index is 225. The summed E-state index contributed by atoms with van der Waals surface area (Å²) in [5.74, 6) is 0.761. The van der Waals surface area contributed by atoms with E-state index < -0.39 is 0 Å². The molecule has 0 aliphatic heterocycles. The molecule has 0 atom stereocenters. The smallest absolute Gasteiger partial charge is 0.0525 e. The number of hydrogen-bond acceptors (Lipinski definition) is 2. The molecule has 0 bridgehead atoms. The zero-order valence-electron chi connectivity index (χ0n) is 5.80. The van der Waals surface area contributed by atoms with Crippen LogP contribution >= 0.6 is 0 Å². The van der Waals surface area contributed by atoms with E-state index in [1.54, 1.807) is 0 Å². The Morgan fingerprint density at radius 3 is 3.10 bits per heavy atom. The van der Waals surface area contributed by atoms with Gasteiger partial charge in [-0.2, -0.15) is 5.10 Å². The van der Waals surface area contributed by atoms with Crippen LogP contribution in [-0.2, 0) is 6.54 Å². The predicted molar refractivity (Wildman–Crippen MR) is 38.5 cm³/mol. The van der Waals surface area contributed by atoms with Crippen LogP contribution in [0.3, 0.4) is 0 Å². The maximum Gasteiger partial charge on any atom is 0.0525 e. The molecule has 0 saturated heterocycles. The Morgan fingerprint density at radius 2 is 2.50 bits per heavy atom. The summed E-state index contributed by atoms with van der Waals surface area (Å²) < 4.78 is 0. The number of aromatic amines is 1. The molecule has 54 valence electrons. The monoisotopic (exact) mass is 137 g/mol. The SMILES string of the molecule is NCc1[nH]ncc1C1CC1. The van der Waals surface area contributed by atoms with Crippen LogP contribution in [0.25, 0.3) is 0 Å². The fourth-order valence-corrected chi connectivity index (χ4v) is 1.23. The van der Waals surface area contributed by atoms with Crippen LogP contribution in [0, 0.1) is 0 Å². The average molecular weight is 137 g/mol. The van der Waals surface area contributed by atoms with Gasteiger partial charge in [-0.3, -0.25) is 5.10 Å². The van der Waals surface area contributed by atoms with Crippen molar-refractivity contribution in [1.82, 2.24) is 10.2 Å². The van der Waals surface area contributed by atoms with Gasteiger partial charge in [-0.25, -0.2) is 0 Å². The molecule has 0 radical (unpaired) electrons. The third-order valence-corrected chi connectivity index (χ3v) is 1.97. The normalized spacial score (nSPS) is 17.7. The average Bonchev–Trinajstić information content (AvgIpc) is 2.69. The van der Waals surface area contributed by atoms with Crippen LogP contribution in [0.15, 0.2) is 6.20 Å². The first-order valence-corrected chi connectivity index (χ1v) is 3.64. The number of aromatic nitrogens is 2. The summed E-state index contributed by atoms with van der Waals surface area (Å²) in [7, 11) is 0. The first-order valence-electron chi connectivity index (χ1n) is 3.64. The van der Waals surface area contributed by atoms with Crippen molar-refractivity contribution in [3.63, 3.8) is 0 Å². The molecule has 1 aliphatic carbocycles. The largest absolute Gasteiger partial charge is 0.325 e. The summed E-state index contributed by atoms with van der Waals surface area (Å²) in [5.41, 5.74) is 7.94. The van der Waals surface area contributed by atoms with Gasteiger partial charge in [-0.15, -0.1) is 0 Å². The Hall–Kier alpha value is -0.830. The molecule has 1 fully saturated rings. The van der Waals surface area contributed by atoms with Crippen LogP contribution < -0.4 is 5.73 Å². The molecule has 3 heteroatoms. The van der Waals surface area contributed by atoms with Gasteiger partial charge in [0.25, 0.3) is 0 Å². The van der Waals surface area contributed by atoms with Crippen molar-refractivity contribution in [3.05, 3.63) is 17.5 Å². The Labute approximate surface area is 59.6 Å². The molecule has 0 spiro atoms. The minimum atomic E-state index is 0.589. The van der Waals surface area contributed by atoms with E-state index in [9.17, 15) is 0 Å². The number of hydrogen-bond donors (Lipinski definition) is 2. The van der Waals surface area contributed by atoms with Crippen LogP contribution in [0.1, 0.15) is 30.0 Å². The minimum Gasteiger partial charge on any atom is -0.325 e. The Kier molecular flexibility index (Phi) is 1.24. The molecule has 2 rings (SSSR count). The zero-order valence-corrected chi connectivity index (χ0v) is 5.80. The zero-order chi connectivity index (χ0) is 6.97. The lowest BCUT2D eigenvalue weighted by Gasteiger charge is -1.94. The van der Waals surface area contributed by atoms with Gasteiger partial charge in [-0.1, -0.05) is 0 Å². The lowest BCUT2D eigenvalue weighted by molar-refractivity contribution is 0.926. The highest BCUT2D eigenvalue weighted by molar-refractivity contribution is 5.25. The molecule has 3 nitrogen and oxygen atoms in total. The molecule has 0 unspecified atom stereocenters. The number of H-pyrrole nitrogens is 1. The summed E-state index contributed by atoms with van der Waals surface area (Å²) in [6.45, 7) is 0.589. The highest BCUT2D eigenvalue weighted by atomic mass is 15.1. The molecule has 3 N–H and O–H groups in total. The van der Waals surface area contributed by atoms with Gasteiger partial charge < -0.3 is 5.73 Å². The van der Waals surface area contributed by atoms with Crippen LogP contribution in [0.2, 0.25) is 0 Å². The third-order valence-electron chi connectivity index (χ3n) is 1.97. The van der Waals surface area contributed by atoms with Crippen molar-refractivity contribution in [2.24, 2.45) is 5.73 Å². The van der Waals surface area contributed by atoms with E-state index in [0.717, 1.165) is 11.6 Å². The van der Waals surface area contributed by atoms with Gasteiger partial charge >= 0.3 is 0 Å². The molecule has 1 heterocycles. The van der Waals surface area contributed by atoms with E-state index in [2.05, 4.69) is 10.2 Å². The maximum absolute atomic E-state index is 5.49. The van der Waals surface area contributed by atoms with Crippen LogP contribution in [0.5, 0.6) is 0 Å². The van der Waals surface area contributed by atoms with E-state index in [4.69, 9.17) is 5.73 Å². The van der Waals surface area contributed by atoms with Gasteiger partial charge in [0.15, 0.2) is 0 Å². The number of rotatable bonds is 2. The summed E-state index contributed by atoms with van der Waals surface area (Å²) in [4.78, 5) is 0. The fraction of sp³-hybridized carbons (Fsp3) is 0.571. The molecule has 1 aromatic rings. The maximum atomic E-state index is 5.49. The molecular formula is C7H11N3.